The first-order chi connectivity index (χ1) is 12.1. The van der Waals surface area contributed by atoms with Crippen LogP contribution in [0.4, 0.5) is 24.5 Å². The van der Waals surface area contributed by atoms with Crippen molar-refractivity contribution >= 4 is 23.1 Å². The van der Waals surface area contributed by atoms with Gasteiger partial charge in [0, 0.05) is 22.8 Å². The zero-order valence-electron chi connectivity index (χ0n) is 14.3. The Morgan fingerprint density at radius 2 is 2.00 bits per heavy atom. The maximum absolute atomic E-state index is 13.1. The van der Waals surface area contributed by atoms with Gasteiger partial charge in [0.15, 0.2) is 0 Å². The van der Waals surface area contributed by atoms with E-state index < -0.39 is 34.0 Å². The molecule has 1 fully saturated rings. The molecule has 2 unspecified atom stereocenters. The third kappa shape index (κ3) is 3.93. The Hall–Kier alpha value is -1.48. The lowest BCUT2D eigenvalue weighted by atomic mass is 9.95. The smallest absolute Gasteiger partial charge is 0.387 e. The number of nitrogens with one attached hydrogen (secondary N) is 1. The number of nitro benzene ring substituents is 1. The molecule has 1 aromatic carbocycles. The summed E-state index contributed by atoms with van der Waals surface area (Å²) in [6, 6.07) is 1.29. The zero-order chi connectivity index (χ0) is 19.1. The number of rotatable bonds is 5. The van der Waals surface area contributed by atoms with Gasteiger partial charge in [0.05, 0.1) is 16.6 Å². The monoisotopic (exact) mass is 390 g/mol. The van der Waals surface area contributed by atoms with E-state index in [1.165, 1.54) is 12.8 Å². The number of nitrogens with zero attached hydrogens (tertiary/aromatic N) is 1. The molecule has 1 aliphatic heterocycles. The molecule has 1 heterocycles. The molecule has 0 aromatic heterocycles. The Labute approximate surface area is 153 Å². The quantitative estimate of drug-likeness (QED) is 0.577. The number of benzene rings is 1. The molecule has 1 aliphatic carbocycles. The van der Waals surface area contributed by atoms with Gasteiger partial charge in [-0.25, -0.2) is 0 Å². The Morgan fingerprint density at radius 1 is 1.35 bits per heavy atom. The highest BCUT2D eigenvalue weighted by molar-refractivity contribution is 8.00. The predicted molar refractivity (Wildman–Crippen MR) is 94.6 cm³/mol. The normalized spacial score (nSPS) is 22.7. The molecule has 0 saturated heterocycles. The average molecular weight is 390 g/mol. The van der Waals surface area contributed by atoms with E-state index in [2.05, 4.69) is 5.32 Å². The number of fused-ring (bicyclic) bond motifs is 1. The van der Waals surface area contributed by atoms with E-state index in [0.717, 1.165) is 25.0 Å². The van der Waals surface area contributed by atoms with E-state index in [4.69, 9.17) is 0 Å². The Bertz CT molecular complexity index is 703. The summed E-state index contributed by atoms with van der Waals surface area (Å²) in [4.78, 5) is 10.0. The van der Waals surface area contributed by atoms with Crippen LogP contribution in [0.5, 0.6) is 0 Å². The summed E-state index contributed by atoms with van der Waals surface area (Å²) in [5.41, 5.74) is -2.70. The van der Waals surface area contributed by atoms with Crippen LogP contribution in [-0.4, -0.2) is 32.7 Å². The van der Waals surface area contributed by atoms with Gasteiger partial charge in [0.1, 0.15) is 5.56 Å². The summed E-state index contributed by atoms with van der Waals surface area (Å²) in [6.45, 7) is 1.66. The van der Waals surface area contributed by atoms with Crippen molar-refractivity contribution in [2.24, 2.45) is 0 Å². The van der Waals surface area contributed by atoms with Gasteiger partial charge in [0.2, 0.25) is 0 Å². The largest absolute Gasteiger partial charge is 0.423 e. The van der Waals surface area contributed by atoms with Crippen LogP contribution in [0.2, 0.25) is 0 Å². The van der Waals surface area contributed by atoms with Crippen molar-refractivity contribution in [3.8, 4) is 0 Å². The van der Waals surface area contributed by atoms with Crippen molar-refractivity contribution in [1.29, 1.82) is 0 Å². The second-order valence-corrected chi connectivity index (χ2v) is 8.55. The van der Waals surface area contributed by atoms with Crippen LogP contribution in [0, 0.1) is 10.1 Å². The van der Waals surface area contributed by atoms with Crippen molar-refractivity contribution < 1.29 is 23.2 Å². The molecule has 26 heavy (non-hydrogen) atoms. The molecule has 1 aromatic rings. The van der Waals surface area contributed by atoms with Crippen molar-refractivity contribution in [3.63, 3.8) is 0 Å². The first-order valence-electron chi connectivity index (χ1n) is 8.57. The van der Waals surface area contributed by atoms with Crippen LogP contribution in [0.25, 0.3) is 0 Å². The number of aliphatic hydroxyl groups is 1. The fourth-order valence-electron chi connectivity index (χ4n) is 3.59. The minimum atomic E-state index is -4.81. The molecule has 144 valence electrons. The lowest BCUT2D eigenvalue weighted by Crippen LogP contribution is -2.45. The van der Waals surface area contributed by atoms with Crippen LogP contribution in [0.3, 0.4) is 0 Å². The van der Waals surface area contributed by atoms with Crippen molar-refractivity contribution in [2.45, 2.75) is 62.1 Å². The van der Waals surface area contributed by atoms with Gasteiger partial charge in [-0.05, 0) is 37.8 Å². The molecule has 2 aliphatic rings. The van der Waals surface area contributed by atoms with Gasteiger partial charge in [-0.1, -0.05) is 12.8 Å². The van der Waals surface area contributed by atoms with E-state index in [0.29, 0.717) is 16.6 Å². The number of halogens is 3. The second-order valence-electron chi connectivity index (χ2n) is 7.26. The molecule has 0 bridgehead atoms. The molecular formula is C17H21F3N2O3S. The third-order valence-electron chi connectivity index (χ3n) is 5.14. The molecule has 9 heteroatoms. The Kier molecular flexibility index (Phi) is 5.13. The minimum absolute atomic E-state index is 0.207. The average Bonchev–Trinajstić information content (AvgIpc) is 3.20. The second kappa shape index (κ2) is 6.92. The van der Waals surface area contributed by atoms with Gasteiger partial charge in [-0.2, -0.15) is 24.9 Å². The van der Waals surface area contributed by atoms with Crippen LogP contribution >= 0.6 is 11.8 Å². The van der Waals surface area contributed by atoms with Crippen LogP contribution in [0.1, 0.15) is 43.7 Å². The standard InChI is InChI=1S/C17H21F3N2O3S/c1-16(23,9-26-11-4-2-3-5-11)15-7-10-6-14(22(24)25)12(17(18,19)20)8-13(10)21-15/h6,8,11,15,21,23H,2-5,7,9H2,1H3. The summed E-state index contributed by atoms with van der Waals surface area (Å²) in [7, 11) is 0. The third-order valence-corrected chi connectivity index (χ3v) is 6.84. The number of alkyl halides is 3. The number of hydrogen-bond acceptors (Lipinski definition) is 5. The highest BCUT2D eigenvalue weighted by Crippen LogP contribution is 2.43. The van der Waals surface area contributed by atoms with E-state index in [1.807, 2.05) is 0 Å². The first kappa shape index (κ1) is 19.3. The van der Waals surface area contributed by atoms with E-state index in [9.17, 15) is 28.4 Å². The Balaban J connectivity index is 1.78. The van der Waals surface area contributed by atoms with Gasteiger partial charge in [0.25, 0.3) is 5.69 Å². The zero-order valence-corrected chi connectivity index (χ0v) is 15.1. The molecule has 1 saturated carbocycles. The number of thioether (sulfide) groups is 1. The number of hydrogen-bond donors (Lipinski definition) is 2. The molecule has 3 rings (SSSR count). The highest BCUT2D eigenvalue weighted by Gasteiger charge is 2.43. The van der Waals surface area contributed by atoms with Gasteiger partial charge in [-0.15, -0.1) is 0 Å². The maximum Gasteiger partial charge on any atom is 0.423 e. The summed E-state index contributed by atoms with van der Waals surface area (Å²) in [5, 5.41) is 25.3. The van der Waals surface area contributed by atoms with Crippen molar-refractivity contribution in [1.82, 2.24) is 0 Å². The summed E-state index contributed by atoms with van der Waals surface area (Å²) >= 11 is 1.69. The highest BCUT2D eigenvalue weighted by atomic mass is 32.2. The summed E-state index contributed by atoms with van der Waals surface area (Å²) in [6.07, 6.45) is 0.0820. The number of anilines is 1. The fraction of sp³-hybridized carbons (Fsp3) is 0.647. The van der Waals surface area contributed by atoms with Gasteiger partial charge in [-0.3, -0.25) is 10.1 Å². The van der Waals surface area contributed by atoms with Crippen LogP contribution in [0.15, 0.2) is 12.1 Å². The molecule has 0 spiro atoms. The molecule has 0 amide bonds. The lowest BCUT2D eigenvalue weighted by molar-refractivity contribution is -0.388. The topological polar surface area (TPSA) is 75.4 Å². The summed E-state index contributed by atoms with van der Waals surface area (Å²) in [5.74, 6) is 0.470. The van der Waals surface area contributed by atoms with Gasteiger partial charge < -0.3 is 10.4 Å². The van der Waals surface area contributed by atoms with E-state index >= 15 is 0 Å². The molecular weight excluding hydrogens is 369 g/mol. The van der Waals surface area contributed by atoms with Crippen LogP contribution < -0.4 is 5.32 Å². The predicted octanol–water partition coefficient (Wildman–Crippen LogP) is 4.38. The van der Waals surface area contributed by atoms with Crippen molar-refractivity contribution in [2.75, 3.05) is 11.1 Å². The lowest BCUT2D eigenvalue weighted by Gasteiger charge is -2.31. The molecule has 0 radical (unpaired) electrons. The first-order valence-corrected chi connectivity index (χ1v) is 9.62. The molecule has 2 atom stereocenters. The molecule has 5 nitrogen and oxygen atoms in total. The SMILES string of the molecule is CC(O)(CSC1CCCC1)C1Cc2cc([N+](=O)[O-])c(C(F)(F)F)cc2N1. The van der Waals surface area contributed by atoms with Crippen molar-refractivity contribution in [3.05, 3.63) is 33.4 Å². The van der Waals surface area contributed by atoms with E-state index in [-0.39, 0.29) is 12.1 Å². The minimum Gasteiger partial charge on any atom is -0.387 e. The van der Waals surface area contributed by atoms with Crippen LogP contribution in [-0.2, 0) is 12.6 Å². The fourth-order valence-corrected chi connectivity index (χ4v) is 5.03. The van der Waals surface area contributed by atoms with E-state index in [1.54, 1.807) is 18.7 Å². The number of nitro groups is 1. The Morgan fingerprint density at radius 3 is 2.58 bits per heavy atom. The maximum atomic E-state index is 13.1. The molecule has 2 N–H and O–H groups in total. The van der Waals surface area contributed by atoms with Gasteiger partial charge >= 0.3 is 6.18 Å². The summed E-state index contributed by atoms with van der Waals surface area (Å²) < 4.78 is 39.4.